The van der Waals surface area contributed by atoms with Gasteiger partial charge in [0.2, 0.25) is 0 Å². The normalized spacial score (nSPS) is 11.9. The zero-order chi connectivity index (χ0) is 18.7. The lowest BCUT2D eigenvalue weighted by molar-refractivity contribution is -0.153. The summed E-state index contributed by atoms with van der Waals surface area (Å²) in [6.07, 6.45) is -1.17. The molecule has 2 aromatic carbocycles. The molecule has 8 heteroatoms. The average Bonchev–Trinajstić information content (AvgIpc) is 2.92. The molecule has 3 aromatic rings. The number of hydrogen-bond donors (Lipinski definition) is 1. The van der Waals surface area contributed by atoms with E-state index in [9.17, 15) is 18.8 Å². The van der Waals surface area contributed by atoms with Crippen LogP contribution in [0.2, 0.25) is 0 Å². The molecule has 0 aliphatic rings. The Morgan fingerprint density at radius 1 is 1.19 bits per heavy atom. The quantitative estimate of drug-likeness (QED) is 0.707. The predicted octanol–water partition coefficient (Wildman–Crippen LogP) is 2.30. The van der Waals surface area contributed by atoms with Gasteiger partial charge in [-0.05, 0) is 31.2 Å². The minimum atomic E-state index is -1.17. The number of carbonyl (C=O) groups excluding carboxylic acids is 2. The fourth-order valence-corrected chi connectivity index (χ4v) is 2.38. The van der Waals surface area contributed by atoms with Crippen LogP contribution in [-0.4, -0.2) is 22.5 Å². The van der Waals surface area contributed by atoms with Gasteiger partial charge in [0.25, 0.3) is 5.91 Å². The van der Waals surface area contributed by atoms with Gasteiger partial charge in [0.05, 0.1) is 11.2 Å². The molecular weight excluding hydrogens is 343 g/mol. The molecule has 1 atom stereocenters. The zero-order valence-electron chi connectivity index (χ0n) is 13.8. The highest BCUT2D eigenvalue weighted by atomic mass is 19.1. The van der Waals surface area contributed by atoms with E-state index in [2.05, 4.69) is 5.32 Å². The van der Waals surface area contributed by atoms with Gasteiger partial charge in [-0.1, -0.05) is 24.3 Å². The van der Waals surface area contributed by atoms with Gasteiger partial charge < -0.3 is 14.5 Å². The molecule has 0 aliphatic carbocycles. The second-order valence-corrected chi connectivity index (χ2v) is 5.52. The molecule has 7 nitrogen and oxygen atoms in total. The first-order valence-corrected chi connectivity index (χ1v) is 7.79. The molecule has 3 rings (SSSR count). The Labute approximate surface area is 147 Å². The number of nitrogens with one attached hydrogen (secondary N) is 1. The number of fused-ring (bicyclic) bond motifs is 1. The van der Waals surface area contributed by atoms with Crippen molar-refractivity contribution in [1.82, 2.24) is 4.57 Å². The molecule has 26 heavy (non-hydrogen) atoms. The van der Waals surface area contributed by atoms with Crippen LogP contribution in [0.3, 0.4) is 0 Å². The summed E-state index contributed by atoms with van der Waals surface area (Å²) in [5.41, 5.74) is 0.769. The molecular formula is C18H15FN2O5. The topological polar surface area (TPSA) is 90.5 Å². The summed E-state index contributed by atoms with van der Waals surface area (Å²) in [5, 5.41) is 2.34. The number of hydrogen-bond acceptors (Lipinski definition) is 5. The van der Waals surface area contributed by atoms with E-state index in [0.717, 1.165) is 4.57 Å². The van der Waals surface area contributed by atoms with Gasteiger partial charge in [0.1, 0.15) is 12.4 Å². The van der Waals surface area contributed by atoms with Crippen LogP contribution in [0.5, 0.6) is 0 Å². The number of nitrogens with zero attached hydrogens (tertiary/aromatic N) is 1. The standard InChI is InChI=1S/C18H15FN2O5/c1-11(17(23)20-13-7-3-2-6-12(13)19)25-16(22)10-21-14-8-4-5-9-15(14)26-18(21)24/h2-9,11H,10H2,1H3,(H,20,23). The molecule has 1 amide bonds. The van der Waals surface area contributed by atoms with Crippen LogP contribution in [0.4, 0.5) is 10.1 Å². The van der Waals surface area contributed by atoms with Crippen LogP contribution in [-0.2, 0) is 20.9 Å². The minimum Gasteiger partial charge on any atom is -0.451 e. The first kappa shape index (κ1) is 17.4. The van der Waals surface area contributed by atoms with Gasteiger partial charge in [-0.25, -0.2) is 9.18 Å². The number of aromatic nitrogens is 1. The molecule has 0 saturated heterocycles. The highest BCUT2D eigenvalue weighted by molar-refractivity contribution is 5.95. The molecule has 0 radical (unpaired) electrons. The van der Waals surface area contributed by atoms with Crippen molar-refractivity contribution >= 4 is 28.7 Å². The fourth-order valence-electron chi connectivity index (χ4n) is 2.38. The molecule has 0 aliphatic heterocycles. The van der Waals surface area contributed by atoms with Crippen LogP contribution in [0, 0.1) is 5.82 Å². The van der Waals surface area contributed by atoms with Crippen molar-refractivity contribution in [2.75, 3.05) is 5.32 Å². The SMILES string of the molecule is CC(OC(=O)Cn1c(=O)oc2ccccc21)C(=O)Nc1ccccc1F. The van der Waals surface area contributed by atoms with Crippen LogP contribution in [0.25, 0.3) is 11.1 Å². The smallest absolute Gasteiger partial charge is 0.420 e. The van der Waals surface area contributed by atoms with E-state index in [1.807, 2.05) is 0 Å². The van der Waals surface area contributed by atoms with E-state index in [-0.39, 0.29) is 5.69 Å². The van der Waals surface area contributed by atoms with Gasteiger partial charge in [-0.15, -0.1) is 0 Å². The predicted molar refractivity (Wildman–Crippen MR) is 91.1 cm³/mol. The number of rotatable bonds is 5. The van der Waals surface area contributed by atoms with Gasteiger partial charge in [0, 0.05) is 0 Å². The van der Waals surface area contributed by atoms with Crippen LogP contribution in [0.15, 0.2) is 57.7 Å². The molecule has 134 valence electrons. The first-order valence-electron chi connectivity index (χ1n) is 7.79. The number of amides is 1. The lowest BCUT2D eigenvalue weighted by Gasteiger charge is -2.14. The molecule has 1 heterocycles. The third-order valence-electron chi connectivity index (χ3n) is 3.67. The highest BCUT2D eigenvalue weighted by Crippen LogP contribution is 2.14. The highest BCUT2D eigenvalue weighted by Gasteiger charge is 2.20. The van der Waals surface area contributed by atoms with Crippen LogP contribution < -0.4 is 11.1 Å². The van der Waals surface area contributed by atoms with E-state index >= 15 is 0 Å². The molecule has 0 spiro atoms. The molecule has 0 saturated carbocycles. The molecule has 1 aromatic heterocycles. The second kappa shape index (κ2) is 7.22. The van der Waals surface area contributed by atoms with Crippen molar-refractivity contribution in [3.05, 3.63) is 64.9 Å². The number of benzene rings is 2. The van der Waals surface area contributed by atoms with Crippen molar-refractivity contribution in [1.29, 1.82) is 0 Å². The molecule has 1 unspecified atom stereocenters. The Bertz CT molecular complexity index is 1020. The number of esters is 1. The summed E-state index contributed by atoms with van der Waals surface area (Å²) in [4.78, 5) is 35.9. The number of oxazole rings is 1. The fraction of sp³-hybridized carbons (Fsp3) is 0.167. The summed E-state index contributed by atoms with van der Waals surface area (Å²) in [6.45, 7) is 0.942. The van der Waals surface area contributed by atoms with Crippen LogP contribution in [0.1, 0.15) is 6.92 Å². The number of carbonyl (C=O) groups is 2. The molecule has 1 N–H and O–H groups in total. The van der Waals surface area contributed by atoms with Crippen molar-refractivity contribution < 1.29 is 23.1 Å². The third-order valence-corrected chi connectivity index (χ3v) is 3.67. The summed E-state index contributed by atoms with van der Waals surface area (Å²) in [6, 6.07) is 12.3. The van der Waals surface area contributed by atoms with E-state index in [4.69, 9.17) is 9.15 Å². The van der Waals surface area contributed by atoms with Crippen molar-refractivity contribution in [3.63, 3.8) is 0 Å². The van der Waals surface area contributed by atoms with Gasteiger partial charge in [-0.2, -0.15) is 0 Å². The first-order chi connectivity index (χ1) is 12.5. The van der Waals surface area contributed by atoms with Gasteiger partial charge in [-0.3, -0.25) is 14.2 Å². The van der Waals surface area contributed by atoms with Crippen molar-refractivity contribution in [3.8, 4) is 0 Å². The van der Waals surface area contributed by atoms with E-state index < -0.39 is 36.1 Å². The Balaban J connectivity index is 1.65. The maximum absolute atomic E-state index is 13.5. The second-order valence-electron chi connectivity index (χ2n) is 5.52. The largest absolute Gasteiger partial charge is 0.451 e. The number of para-hydroxylation sites is 3. The Hall–Kier alpha value is -3.42. The van der Waals surface area contributed by atoms with Gasteiger partial charge in [0.15, 0.2) is 11.7 Å². The summed E-state index contributed by atoms with van der Waals surface area (Å²) < 4.78 is 24.7. The third kappa shape index (κ3) is 3.64. The van der Waals surface area contributed by atoms with E-state index in [1.54, 1.807) is 30.3 Å². The minimum absolute atomic E-state index is 0.0163. The summed E-state index contributed by atoms with van der Waals surface area (Å²) in [7, 11) is 0. The Kier molecular flexibility index (Phi) is 4.83. The maximum Gasteiger partial charge on any atom is 0.420 e. The van der Waals surface area contributed by atoms with E-state index in [1.165, 1.54) is 25.1 Å². The zero-order valence-corrected chi connectivity index (χ0v) is 13.8. The van der Waals surface area contributed by atoms with Crippen molar-refractivity contribution in [2.24, 2.45) is 0 Å². The van der Waals surface area contributed by atoms with Crippen molar-refractivity contribution in [2.45, 2.75) is 19.6 Å². The Morgan fingerprint density at radius 3 is 2.65 bits per heavy atom. The monoisotopic (exact) mass is 358 g/mol. The van der Waals surface area contributed by atoms with E-state index in [0.29, 0.717) is 11.1 Å². The average molecular weight is 358 g/mol. The summed E-state index contributed by atoms with van der Waals surface area (Å²) in [5.74, 6) is -2.79. The molecule has 0 fully saturated rings. The summed E-state index contributed by atoms with van der Waals surface area (Å²) >= 11 is 0. The Morgan fingerprint density at radius 2 is 1.88 bits per heavy atom. The lowest BCUT2D eigenvalue weighted by atomic mass is 10.3. The van der Waals surface area contributed by atoms with Crippen LogP contribution >= 0.6 is 0 Å². The van der Waals surface area contributed by atoms with Gasteiger partial charge >= 0.3 is 11.7 Å². The lowest BCUT2D eigenvalue weighted by Crippen LogP contribution is -2.32. The number of halogens is 1. The number of anilines is 1. The maximum atomic E-state index is 13.5. The molecule has 0 bridgehead atoms. The number of ether oxygens (including phenoxy) is 1.